The van der Waals surface area contributed by atoms with Gasteiger partial charge in [-0.25, -0.2) is 0 Å². The molecule has 0 saturated heterocycles. The van der Waals surface area contributed by atoms with Crippen molar-refractivity contribution < 1.29 is 14.4 Å². The van der Waals surface area contributed by atoms with E-state index in [2.05, 4.69) is 19.2 Å². The first-order valence-corrected chi connectivity index (χ1v) is 11.8. The molecule has 0 bridgehead atoms. The molecule has 0 spiro atoms. The second-order valence-corrected chi connectivity index (χ2v) is 9.73. The molecule has 0 aromatic heterocycles. The number of hydrogen-bond acceptors (Lipinski definition) is 6. The third kappa shape index (κ3) is 9.77. The fourth-order valence-electron chi connectivity index (χ4n) is 3.06. The van der Waals surface area contributed by atoms with E-state index in [1.807, 2.05) is 31.2 Å². The Labute approximate surface area is 195 Å². The van der Waals surface area contributed by atoms with Crippen LogP contribution in [0.1, 0.15) is 57.6 Å². The molecule has 0 fully saturated rings. The van der Waals surface area contributed by atoms with Gasteiger partial charge in [0.05, 0.1) is 12.0 Å². The lowest BCUT2D eigenvalue weighted by molar-refractivity contribution is -0.125. The largest absolute Gasteiger partial charge is 0.366 e. The van der Waals surface area contributed by atoms with E-state index in [1.54, 1.807) is 19.0 Å². The van der Waals surface area contributed by atoms with E-state index >= 15 is 0 Å². The molecule has 3 N–H and O–H groups in total. The van der Waals surface area contributed by atoms with Crippen LogP contribution in [0.4, 0.5) is 0 Å². The summed E-state index contributed by atoms with van der Waals surface area (Å²) in [5, 5.41) is 18.3. The summed E-state index contributed by atoms with van der Waals surface area (Å²) in [6.45, 7) is 7.49. The van der Waals surface area contributed by atoms with Crippen molar-refractivity contribution in [1.29, 1.82) is 10.8 Å². The third-order valence-corrected chi connectivity index (χ3v) is 6.08. The Kier molecular flexibility index (Phi) is 11.3. The number of thioether (sulfide) groups is 1. The lowest BCUT2D eigenvalue weighted by Crippen LogP contribution is -2.42. The maximum atomic E-state index is 12.7. The highest BCUT2D eigenvalue weighted by molar-refractivity contribution is 8.13. The molecule has 1 aromatic rings. The number of amides is 1. The molecule has 0 aliphatic heterocycles. The highest BCUT2D eigenvalue weighted by atomic mass is 32.2. The average molecular weight is 461 g/mol. The van der Waals surface area contributed by atoms with Gasteiger partial charge in [0.25, 0.3) is 0 Å². The van der Waals surface area contributed by atoms with Crippen molar-refractivity contribution in [2.45, 2.75) is 58.9 Å². The van der Waals surface area contributed by atoms with Crippen LogP contribution in [-0.4, -0.2) is 59.1 Å². The summed E-state index contributed by atoms with van der Waals surface area (Å²) in [7, 11) is 3.41. The van der Waals surface area contributed by atoms with E-state index in [4.69, 9.17) is 10.8 Å². The third-order valence-electron chi connectivity index (χ3n) is 4.94. The number of hydrogen-bond donors (Lipinski definition) is 3. The monoisotopic (exact) mass is 460 g/mol. The first-order valence-electron chi connectivity index (χ1n) is 10.8. The standard InChI is InChI=1S/C24H36N4O3S/c1-15(2)11-18-7-9-19(10-8-18)16(3)24(31)32-14-21(27-17(4)29)22(30)12-20(25)13-23(26)28(5)6/h7-10,15-16,21,25-26H,11-14H2,1-6H3,(H,27,29)/t16?,21-/m1/s1. The molecule has 32 heavy (non-hydrogen) atoms. The van der Waals surface area contributed by atoms with Gasteiger partial charge >= 0.3 is 0 Å². The predicted molar refractivity (Wildman–Crippen MR) is 132 cm³/mol. The van der Waals surface area contributed by atoms with E-state index in [1.165, 1.54) is 12.5 Å². The quantitative estimate of drug-likeness (QED) is 0.325. The van der Waals surface area contributed by atoms with Crippen molar-refractivity contribution in [3.05, 3.63) is 35.4 Å². The zero-order valence-electron chi connectivity index (χ0n) is 20.0. The van der Waals surface area contributed by atoms with Crippen molar-refractivity contribution in [3.8, 4) is 0 Å². The molecule has 0 radical (unpaired) electrons. The van der Waals surface area contributed by atoms with Crippen molar-refractivity contribution in [2.24, 2.45) is 5.92 Å². The van der Waals surface area contributed by atoms with Gasteiger partial charge < -0.3 is 15.6 Å². The number of carbonyl (C=O) groups excluding carboxylic acids is 3. The van der Waals surface area contributed by atoms with Gasteiger partial charge in [-0.1, -0.05) is 56.8 Å². The summed E-state index contributed by atoms with van der Waals surface area (Å²) in [6, 6.07) is 7.18. The fraction of sp³-hybridized carbons (Fsp3) is 0.542. The summed E-state index contributed by atoms with van der Waals surface area (Å²) in [6.07, 6.45) is 0.894. The topological polar surface area (TPSA) is 114 Å². The Balaban J connectivity index is 2.71. The SMILES string of the molecule is CC(=O)N[C@H](CSC(=O)C(C)c1ccc(CC(C)C)cc1)C(=O)CC(=N)CC(=N)N(C)C. The number of amidine groups is 1. The Hall–Kier alpha value is -2.48. The summed E-state index contributed by atoms with van der Waals surface area (Å²) in [4.78, 5) is 38.5. The molecule has 0 heterocycles. The number of rotatable bonds is 12. The molecule has 1 aromatic carbocycles. The second-order valence-electron chi connectivity index (χ2n) is 8.71. The Bertz CT molecular complexity index is 834. The van der Waals surface area contributed by atoms with E-state index in [9.17, 15) is 14.4 Å². The molecular weight excluding hydrogens is 424 g/mol. The molecular formula is C24H36N4O3S. The van der Waals surface area contributed by atoms with Crippen LogP contribution in [0.15, 0.2) is 24.3 Å². The van der Waals surface area contributed by atoms with Gasteiger partial charge in [0.1, 0.15) is 5.84 Å². The van der Waals surface area contributed by atoms with Crippen molar-refractivity contribution in [3.63, 3.8) is 0 Å². The van der Waals surface area contributed by atoms with E-state index < -0.39 is 6.04 Å². The fourth-order valence-corrected chi connectivity index (χ4v) is 4.04. The Morgan fingerprint density at radius 1 is 1.03 bits per heavy atom. The maximum Gasteiger partial charge on any atom is 0.217 e. The predicted octanol–water partition coefficient (Wildman–Crippen LogP) is 3.66. The number of ketones is 1. The van der Waals surface area contributed by atoms with Crippen LogP contribution in [0, 0.1) is 16.7 Å². The van der Waals surface area contributed by atoms with Crippen LogP contribution in [0.5, 0.6) is 0 Å². The molecule has 0 saturated carbocycles. The smallest absolute Gasteiger partial charge is 0.217 e. The van der Waals surface area contributed by atoms with Crippen molar-refractivity contribution in [1.82, 2.24) is 10.2 Å². The summed E-state index contributed by atoms with van der Waals surface area (Å²) >= 11 is 1.02. The Morgan fingerprint density at radius 3 is 2.12 bits per heavy atom. The first kappa shape index (κ1) is 27.6. The molecule has 8 heteroatoms. The number of nitrogens with zero attached hydrogens (tertiary/aromatic N) is 1. The van der Waals surface area contributed by atoms with Gasteiger partial charge in [-0.05, 0) is 23.5 Å². The van der Waals surface area contributed by atoms with Crippen molar-refractivity contribution >= 4 is 40.1 Å². The maximum absolute atomic E-state index is 12.7. The molecule has 2 atom stereocenters. The van der Waals surface area contributed by atoms with Crippen LogP contribution in [-0.2, 0) is 20.8 Å². The molecule has 176 valence electrons. The van der Waals surface area contributed by atoms with E-state index in [0.29, 0.717) is 5.92 Å². The van der Waals surface area contributed by atoms with Crippen LogP contribution in [0.2, 0.25) is 0 Å². The Morgan fingerprint density at radius 2 is 1.62 bits per heavy atom. The van der Waals surface area contributed by atoms with Gasteiger partial charge in [0, 0.05) is 45.3 Å². The van der Waals surface area contributed by atoms with E-state index in [-0.39, 0.29) is 52.9 Å². The lowest BCUT2D eigenvalue weighted by Gasteiger charge is -2.19. The van der Waals surface area contributed by atoms with Crippen LogP contribution in [0.3, 0.4) is 0 Å². The molecule has 0 aliphatic carbocycles. The first-order chi connectivity index (χ1) is 14.9. The second kappa shape index (κ2) is 13.2. The van der Waals surface area contributed by atoms with Crippen molar-refractivity contribution in [2.75, 3.05) is 19.8 Å². The normalized spacial score (nSPS) is 12.7. The van der Waals surface area contributed by atoms with Gasteiger partial charge in [-0.3, -0.25) is 19.8 Å². The van der Waals surface area contributed by atoms with Crippen LogP contribution < -0.4 is 5.32 Å². The number of Topliss-reactive ketones (excluding diaryl/α,β-unsaturated/α-hetero) is 1. The lowest BCUT2D eigenvalue weighted by atomic mass is 9.97. The van der Waals surface area contributed by atoms with Gasteiger partial charge in [-0.15, -0.1) is 0 Å². The highest BCUT2D eigenvalue weighted by Crippen LogP contribution is 2.24. The number of carbonyl (C=O) groups is 3. The average Bonchev–Trinajstić information content (AvgIpc) is 2.69. The zero-order valence-corrected chi connectivity index (χ0v) is 20.8. The minimum atomic E-state index is -0.851. The summed E-state index contributed by atoms with van der Waals surface area (Å²) in [5.74, 6) is -0.114. The van der Waals surface area contributed by atoms with Crippen LogP contribution in [0.25, 0.3) is 0 Å². The molecule has 7 nitrogen and oxygen atoms in total. The number of benzene rings is 1. The van der Waals surface area contributed by atoms with Gasteiger partial charge in [-0.2, -0.15) is 0 Å². The minimum Gasteiger partial charge on any atom is -0.366 e. The zero-order chi connectivity index (χ0) is 24.4. The minimum absolute atomic E-state index is 0.0709. The molecule has 0 aliphatic rings. The van der Waals surface area contributed by atoms with Gasteiger partial charge in [0.15, 0.2) is 10.9 Å². The molecule has 1 amide bonds. The van der Waals surface area contributed by atoms with Gasteiger partial charge in [0.2, 0.25) is 5.91 Å². The van der Waals surface area contributed by atoms with E-state index in [0.717, 1.165) is 23.7 Å². The summed E-state index contributed by atoms with van der Waals surface area (Å²) in [5.41, 5.74) is 2.26. The molecule has 1 unspecified atom stereocenters. The summed E-state index contributed by atoms with van der Waals surface area (Å²) < 4.78 is 0. The highest BCUT2D eigenvalue weighted by Gasteiger charge is 2.24. The number of nitrogens with one attached hydrogen (secondary N) is 3. The molecule has 1 rings (SSSR count). The van der Waals surface area contributed by atoms with Crippen LogP contribution >= 0.6 is 11.8 Å².